The Hall–Kier alpha value is -3.10. The predicted molar refractivity (Wildman–Crippen MR) is 78.0 cm³/mol. The van der Waals surface area contributed by atoms with Gasteiger partial charge in [0, 0.05) is 6.20 Å². The van der Waals surface area contributed by atoms with E-state index in [1.165, 1.54) is 24.4 Å². The predicted octanol–water partition coefficient (Wildman–Crippen LogP) is 3.62. The number of alkyl halides is 3. The quantitative estimate of drug-likeness (QED) is 0.674. The van der Waals surface area contributed by atoms with Crippen LogP contribution in [0.2, 0.25) is 0 Å². The van der Waals surface area contributed by atoms with E-state index < -0.39 is 17.8 Å². The highest BCUT2D eigenvalue weighted by atomic mass is 19.4. The van der Waals surface area contributed by atoms with Crippen molar-refractivity contribution in [2.45, 2.75) is 6.18 Å². The largest absolute Gasteiger partial charge is 0.418 e. The second-order valence-electron chi connectivity index (χ2n) is 4.59. The number of urea groups is 1. The molecule has 3 rings (SSSR count). The number of hydrogen-bond acceptors (Lipinski definition) is 3. The molecule has 2 aromatic heterocycles. The lowest BCUT2D eigenvalue weighted by molar-refractivity contribution is -0.136. The first-order valence-corrected chi connectivity index (χ1v) is 6.48. The first kappa shape index (κ1) is 14.8. The Balaban J connectivity index is 1.77. The fraction of sp³-hybridized carbons (Fsp3) is 0.0714. The highest BCUT2D eigenvalue weighted by molar-refractivity contribution is 6.00. The van der Waals surface area contributed by atoms with Crippen LogP contribution in [-0.2, 0) is 6.18 Å². The van der Waals surface area contributed by atoms with E-state index >= 15 is 0 Å². The SMILES string of the molecule is O=C(Nc1cnc2[nH]ccc2n1)Nc1ccccc1C(F)(F)F. The molecule has 6 nitrogen and oxygen atoms in total. The van der Waals surface area contributed by atoms with Crippen LogP contribution in [0.3, 0.4) is 0 Å². The molecule has 9 heteroatoms. The summed E-state index contributed by atoms with van der Waals surface area (Å²) in [5, 5.41) is 4.51. The summed E-state index contributed by atoms with van der Waals surface area (Å²) in [6.07, 6.45) is -1.63. The summed E-state index contributed by atoms with van der Waals surface area (Å²) in [5.41, 5.74) is -0.202. The molecular formula is C14H10F3N5O. The third-order valence-electron chi connectivity index (χ3n) is 2.98. The Morgan fingerprint density at radius 3 is 2.70 bits per heavy atom. The molecular weight excluding hydrogens is 311 g/mol. The second kappa shape index (κ2) is 5.59. The van der Waals surface area contributed by atoms with Crippen LogP contribution in [0.1, 0.15) is 5.56 Å². The molecule has 3 aromatic rings. The number of aromatic nitrogens is 3. The van der Waals surface area contributed by atoms with Crippen LogP contribution in [0.4, 0.5) is 29.5 Å². The van der Waals surface area contributed by atoms with Crippen LogP contribution < -0.4 is 10.6 Å². The Kier molecular flexibility index (Phi) is 3.61. The summed E-state index contributed by atoms with van der Waals surface area (Å²) in [7, 11) is 0. The number of nitrogens with zero attached hydrogens (tertiary/aromatic N) is 2. The fourth-order valence-corrected chi connectivity index (χ4v) is 2.00. The van der Waals surface area contributed by atoms with Crippen LogP contribution >= 0.6 is 0 Å². The number of H-pyrrole nitrogens is 1. The van der Waals surface area contributed by atoms with Crippen LogP contribution in [0.25, 0.3) is 11.2 Å². The summed E-state index contributed by atoms with van der Waals surface area (Å²) in [6.45, 7) is 0. The summed E-state index contributed by atoms with van der Waals surface area (Å²) >= 11 is 0. The number of rotatable bonds is 2. The molecule has 23 heavy (non-hydrogen) atoms. The molecule has 0 bridgehead atoms. The number of amides is 2. The summed E-state index contributed by atoms with van der Waals surface area (Å²) < 4.78 is 38.6. The minimum atomic E-state index is -4.56. The zero-order valence-electron chi connectivity index (χ0n) is 11.5. The number of halogens is 3. The minimum absolute atomic E-state index is 0.124. The van der Waals surface area contributed by atoms with E-state index in [0.717, 1.165) is 6.07 Å². The van der Waals surface area contributed by atoms with Gasteiger partial charge in [-0.3, -0.25) is 5.32 Å². The molecule has 2 amide bonds. The minimum Gasteiger partial charge on any atom is -0.345 e. The van der Waals surface area contributed by atoms with Gasteiger partial charge in [0.2, 0.25) is 0 Å². The maximum atomic E-state index is 12.9. The number of para-hydroxylation sites is 1. The van der Waals surface area contributed by atoms with Crippen molar-refractivity contribution in [1.29, 1.82) is 0 Å². The van der Waals surface area contributed by atoms with E-state index in [9.17, 15) is 18.0 Å². The molecule has 0 atom stereocenters. The highest BCUT2D eigenvalue weighted by Crippen LogP contribution is 2.34. The van der Waals surface area contributed by atoms with Gasteiger partial charge in [-0.1, -0.05) is 12.1 Å². The average Bonchev–Trinajstić information content (AvgIpc) is 2.94. The monoisotopic (exact) mass is 321 g/mol. The molecule has 0 saturated carbocycles. The molecule has 3 N–H and O–H groups in total. The van der Waals surface area contributed by atoms with Gasteiger partial charge in [-0.05, 0) is 18.2 Å². The van der Waals surface area contributed by atoms with Crippen LogP contribution in [0.5, 0.6) is 0 Å². The molecule has 0 aliphatic rings. The molecule has 118 valence electrons. The molecule has 0 aliphatic carbocycles. The smallest absolute Gasteiger partial charge is 0.345 e. The van der Waals surface area contributed by atoms with Crippen molar-refractivity contribution in [2.75, 3.05) is 10.6 Å². The summed E-state index contributed by atoms with van der Waals surface area (Å²) in [5.74, 6) is 0.124. The first-order chi connectivity index (χ1) is 10.9. The highest BCUT2D eigenvalue weighted by Gasteiger charge is 2.33. The van der Waals surface area contributed by atoms with Crippen LogP contribution in [-0.4, -0.2) is 21.0 Å². The van der Waals surface area contributed by atoms with Crippen molar-refractivity contribution in [1.82, 2.24) is 15.0 Å². The van der Waals surface area contributed by atoms with E-state index in [1.54, 1.807) is 12.3 Å². The van der Waals surface area contributed by atoms with Gasteiger partial charge in [0.1, 0.15) is 5.52 Å². The average molecular weight is 321 g/mol. The Bertz CT molecular complexity index is 859. The lowest BCUT2D eigenvalue weighted by atomic mass is 10.1. The number of carbonyl (C=O) groups excluding carboxylic acids is 1. The number of benzene rings is 1. The van der Waals surface area contributed by atoms with Gasteiger partial charge in [-0.2, -0.15) is 13.2 Å². The number of aromatic amines is 1. The Morgan fingerprint density at radius 1 is 1.13 bits per heavy atom. The number of nitrogens with one attached hydrogen (secondary N) is 3. The molecule has 2 heterocycles. The van der Waals surface area contributed by atoms with Gasteiger partial charge in [0.05, 0.1) is 17.4 Å². The third kappa shape index (κ3) is 3.23. The van der Waals surface area contributed by atoms with Crippen molar-refractivity contribution in [3.8, 4) is 0 Å². The van der Waals surface area contributed by atoms with Gasteiger partial charge in [-0.15, -0.1) is 0 Å². The van der Waals surface area contributed by atoms with Crippen molar-refractivity contribution in [3.05, 3.63) is 48.3 Å². The molecule has 0 unspecified atom stereocenters. The van der Waals surface area contributed by atoms with E-state index in [-0.39, 0.29) is 11.5 Å². The summed E-state index contributed by atoms with van der Waals surface area (Å²) in [4.78, 5) is 22.8. The number of anilines is 2. The molecule has 0 fully saturated rings. The van der Waals surface area contributed by atoms with E-state index in [2.05, 4.69) is 25.6 Å². The van der Waals surface area contributed by atoms with E-state index in [4.69, 9.17) is 0 Å². The van der Waals surface area contributed by atoms with Crippen molar-refractivity contribution >= 4 is 28.7 Å². The number of hydrogen-bond donors (Lipinski definition) is 3. The zero-order valence-corrected chi connectivity index (χ0v) is 11.5. The van der Waals surface area contributed by atoms with E-state index in [0.29, 0.717) is 11.2 Å². The van der Waals surface area contributed by atoms with Crippen LogP contribution in [0.15, 0.2) is 42.7 Å². The van der Waals surface area contributed by atoms with Gasteiger partial charge in [0.25, 0.3) is 0 Å². The second-order valence-corrected chi connectivity index (χ2v) is 4.59. The van der Waals surface area contributed by atoms with Crippen LogP contribution in [0, 0.1) is 0 Å². The third-order valence-corrected chi connectivity index (χ3v) is 2.98. The van der Waals surface area contributed by atoms with Gasteiger partial charge in [0.15, 0.2) is 11.5 Å². The first-order valence-electron chi connectivity index (χ1n) is 6.48. The maximum Gasteiger partial charge on any atom is 0.418 e. The fourth-order valence-electron chi connectivity index (χ4n) is 2.00. The molecule has 0 saturated heterocycles. The molecule has 1 aromatic carbocycles. The lowest BCUT2D eigenvalue weighted by Crippen LogP contribution is -2.22. The standard InChI is InChI=1S/C14H10F3N5O/c15-14(16,17)8-3-1-2-4-9(8)21-13(23)22-11-7-19-12-10(20-11)5-6-18-12/h1-7H,(H,18,19)(H2,20,21,22,23). The summed E-state index contributed by atoms with van der Waals surface area (Å²) in [6, 6.07) is 5.52. The molecule has 0 radical (unpaired) electrons. The number of carbonyl (C=O) groups is 1. The lowest BCUT2D eigenvalue weighted by Gasteiger charge is -2.13. The van der Waals surface area contributed by atoms with Gasteiger partial charge < -0.3 is 10.3 Å². The number of fused-ring (bicyclic) bond motifs is 1. The van der Waals surface area contributed by atoms with E-state index in [1.807, 2.05) is 0 Å². The molecule has 0 spiro atoms. The normalized spacial score (nSPS) is 11.4. The van der Waals surface area contributed by atoms with Crippen molar-refractivity contribution < 1.29 is 18.0 Å². The Morgan fingerprint density at radius 2 is 1.91 bits per heavy atom. The topological polar surface area (TPSA) is 82.7 Å². The van der Waals surface area contributed by atoms with Gasteiger partial charge in [-0.25, -0.2) is 14.8 Å². The maximum absolute atomic E-state index is 12.9. The Labute approximate surface area is 127 Å². The van der Waals surface area contributed by atoms with Crippen molar-refractivity contribution in [2.24, 2.45) is 0 Å². The van der Waals surface area contributed by atoms with Gasteiger partial charge >= 0.3 is 12.2 Å². The zero-order chi connectivity index (χ0) is 16.4. The molecule has 0 aliphatic heterocycles. The van der Waals surface area contributed by atoms with Crippen molar-refractivity contribution in [3.63, 3.8) is 0 Å².